The van der Waals surface area contributed by atoms with Crippen molar-refractivity contribution < 1.29 is 14.3 Å². The van der Waals surface area contributed by atoms with Crippen LogP contribution in [0.5, 0.6) is 0 Å². The minimum Gasteiger partial charge on any atom is -0.460 e. The van der Waals surface area contributed by atoms with Gasteiger partial charge in [0.2, 0.25) is 0 Å². The molecule has 0 spiro atoms. The minimum atomic E-state index is -0.612. The van der Waals surface area contributed by atoms with Gasteiger partial charge in [-0.25, -0.2) is 0 Å². The number of carbonyl (C=O) groups excluding carboxylic acids is 1. The van der Waals surface area contributed by atoms with E-state index in [0.29, 0.717) is 25.1 Å². The summed E-state index contributed by atoms with van der Waals surface area (Å²) in [6.07, 6.45) is 3.25. The Kier molecular flexibility index (Phi) is 4.69. The number of carbonyl (C=O) groups is 1. The zero-order valence-corrected chi connectivity index (χ0v) is 14.3. The Labute approximate surface area is 151 Å². The van der Waals surface area contributed by atoms with Gasteiger partial charge in [-0.1, -0.05) is 18.2 Å². The van der Waals surface area contributed by atoms with Crippen molar-refractivity contribution in [2.24, 2.45) is 0 Å². The molecule has 3 aromatic rings. The number of benzene rings is 1. The Hall–Kier alpha value is -2.70. The fourth-order valence-electron chi connectivity index (χ4n) is 3.40. The van der Waals surface area contributed by atoms with Gasteiger partial charge in [-0.2, -0.15) is 0 Å². The molecule has 2 aromatic heterocycles. The average Bonchev–Trinajstić information content (AvgIpc) is 3.07. The number of nitrogens with zero attached hydrogens (tertiary/aromatic N) is 2. The van der Waals surface area contributed by atoms with Crippen LogP contribution in [-0.4, -0.2) is 46.1 Å². The first-order valence-electron chi connectivity index (χ1n) is 8.78. The number of nitrogens with one attached hydrogen (secondary N) is 1. The molecule has 0 bridgehead atoms. The molecule has 1 saturated heterocycles. The number of fused-ring (bicyclic) bond motifs is 1. The molecular formula is C20H21N3O3. The summed E-state index contributed by atoms with van der Waals surface area (Å²) in [5.74, 6) is 0.708. The van der Waals surface area contributed by atoms with E-state index in [0.717, 1.165) is 23.3 Å². The smallest absolute Gasteiger partial charge is 0.251 e. The van der Waals surface area contributed by atoms with Crippen LogP contribution in [0.15, 0.2) is 59.3 Å². The van der Waals surface area contributed by atoms with E-state index >= 15 is 0 Å². The zero-order chi connectivity index (χ0) is 17.9. The van der Waals surface area contributed by atoms with E-state index in [1.165, 1.54) is 0 Å². The van der Waals surface area contributed by atoms with E-state index in [4.69, 9.17) is 4.42 Å². The number of para-hydroxylation sites is 1. The van der Waals surface area contributed by atoms with E-state index in [2.05, 4.69) is 15.2 Å². The molecule has 1 amide bonds. The van der Waals surface area contributed by atoms with Crippen LogP contribution in [-0.2, 0) is 6.54 Å². The summed E-state index contributed by atoms with van der Waals surface area (Å²) in [6, 6.07) is 13.0. The summed E-state index contributed by atoms with van der Waals surface area (Å²) >= 11 is 0. The number of amides is 1. The van der Waals surface area contributed by atoms with Crippen LogP contribution in [0, 0.1) is 0 Å². The number of hydrogen-bond donors (Lipinski definition) is 2. The first-order valence-corrected chi connectivity index (χ1v) is 8.78. The quantitative estimate of drug-likeness (QED) is 0.753. The molecule has 0 radical (unpaired) electrons. The molecule has 3 heterocycles. The molecule has 4 rings (SSSR count). The SMILES string of the molecule is O=C(N[C@@H]1CCN(Cc2cc3ccccc3o2)C[C@H]1O)c1ccncc1. The van der Waals surface area contributed by atoms with Crippen molar-refractivity contribution in [1.82, 2.24) is 15.2 Å². The number of aromatic nitrogens is 1. The maximum atomic E-state index is 12.3. The highest BCUT2D eigenvalue weighted by Gasteiger charge is 2.29. The van der Waals surface area contributed by atoms with Crippen molar-refractivity contribution in [2.45, 2.75) is 25.1 Å². The van der Waals surface area contributed by atoms with Gasteiger partial charge in [0, 0.05) is 36.4 Å². The summed E-state index contributed by atoms with van der Waals surface area (Å²) < 4.78 is 5.86. The van der Waals surface area contributed by atoms with Crippen LogP contribution >= 0.6 is 0 Å². The van der Waals surface area contributed by atoms with Crippen LogP contribution in [0.3, 0.4) is 0 Å². The Bertz CT molecular complexity index is 860. The Morgan fingerprint density at radius 2 is 2.08 bits per heavy atom. The molecule has 1 aliphatic rings. The van der Waals surface area contributed by atoms with Crippen LogP contribution in [0.2, 0.25) is 0 Å². The third kappa shape index (κ3) is 3.61. The lowest BCUT2D eigenvalue weighted by atomic mass is 10.0. The largest absolute Gasteiger partial charge is 0.460 e. The number of hydrogen-bond acceptors (Lipinski definition) is 5. The molecular weight excluding hydrogens is 330 g/mol. The number of β-amino-alcohol motifs (C(OH)–C–C–N with tert-alkyl or cyclic N) is 1. The van der Waals surface area contributed by atoms with Gasteiger partial charge in [-0.15, -0.1) is 0 Å². The van der Waals surface area contributed by atoms with Gasteiger partial charge in [-0.05, 0) is 30.7 Å². The van der Waals surface area contributed by atoms with Gasteiger partial charge in [0.25, 0.3) is 5.91 Å². The molecule has 134 valence electrons. The highest BCUT2D eigenvalue weighted by molar-refractivity contribution is 5.94. The Morgan fingerprint density at radius 1 is 1.27 bits per heavy atom. The van der Waals surface area contributed by atoms with Crippen LogP contribution in [0.25, 0.3) is 11.0 Å². The summed E-state index contributed by atoms with van der Waals surface area (Å²) in [7, 11) is 0. The standard InChI is InChI=1S/C20H21N3O3/c24-18-13-23(12-16-11-15-3-1-2-4-19(15)26-16)10-7-17(18)22-20(25)14-5-8-21-9-6-14/h1-6,8-9,11,17-18,24H,7,10,12-13H2,(H,22,25)/t17-,18-/m1/s1. The maximum Gasteiger partial charge on any atom is 0.251 e. The lowest BCUT2D eigenvalue weighted by Gasteiger charge is -2.35. The zero-order valence-electron chi connectivity index (χ0n) is 14.3. The number of likely N-dealkylation sites (tertiary alicyclic amines) is 1. The normalized spacial score (nSPS) is 21.0. The second-order valence-electron chi connectivity index (χ2n) is 6.66. The summed E-state index contributed by atoms with van der Waals surface area (Å²) in [5.41, 5.74) is 1.43. The van der Waals surface area contributed by atoms with Gasteiger partial charge >= 0.3 is 0 Å². The topological polar surface area (TPSA) is 78.6 Å². The minimum absolute atomic E-state index is 0.179. The lowest BCUT2D eigenvalue weighted by Crippen LogP contribution is -2.53. The van der Waals surface area contributed by atoms with Crippen LogP contribution < -0.4 is 5.32 Å². The van der Waals surface area contributed by atoms with Gasteiger partial charge in [0.05, 0.1) is 18.7 Å². The predicted molar refractivity (Wildman–Crippen MR) is 97.6 cm³/mol. The first kappa shape index (κ1) is 16.8. The average molecular weight is 351 g/mol. The molecule has 1 fully saturated rings. The maximum absolute atomic E-state index is 12.3. The van der Waals surface area contributed by atoms with E-state index in [9.17, 15) is 9.90 Å². The molecule has 0 aliphatic carbocycles. The molecule has 0 saturated carbocycles. The third-order valence-electron chi connectivity index (χ3n) is 4.78. The second kappa shape index (κ2) is 7.27. The van der Waals surface area contributed by atoms with Gasteiger partial charge in [-0.3, -0.25) is 14.7 Å². The van der Waals surface area contributed by atoms with Gasteiger partial charge < -0.3 is 14.8 Å². The van der Waals surface area contributed by atoms with Crippen LogP contribution in [0.4, 0.5) is 0 Å². The molecule has 26 heavy (non-hydrogen) atoms. The number of furan rings is 1. The van der Waals surface area contributed by atoms with Crippen LogP contribution in [0.1, 0.15) is 22.5 Å². The first-order chi connectivity index (χ1) is 12.7. The number of piperidine rings is 1. The van der Waals surface area contributed by atoms with Crippen molar-refractivity contribution in [2.75, 3.05) is 13.1 Å². The molecule has 6 nitrogen and oxygen atoms in total. The fraction of sp³-hybridized carbons (Fsp3) is 0.300. The number of aliphatic hydroxyl groups is 1. The number of pyridine rings is 1. The molecule has 2 atom stereocenters. The third-order valence-corrected chi connectivity index (χ3v) is 4.78. The lowest BCUT2D eigenvalue weighted by molar-refractivity contribution is 0.0328. The Morgan fingerprint density at radius 3 is 2.85 bits per heavy atom. The van der Waals surface area contributed by atoms with Crippen molar-refractivity contribution in [1.29, 1.82) is 0 Å². The predicted octanol–water partition coefficient (Wildman–Crippen LogP) is 2.19. The second-order valence-corrected chi connectivity index (χ2v) is 6.66. The molecule has 1 aromatic carbocycles. The van der Waals surface area contributed by atoms with Crippen molar-refractivity contribution in [3.8, 4) is 0 Å². The van der Waals surface area contributed by atoms with Crippen molar-refractivity contribution in [3.63, 3.8) is 0 Å². The van der Waals surface area contributed by atoms with E-state index in [1.54, 1.807) is 24.5 Å². The summed E-state index contributed by atoms with van der Waals surface area (Å²) in [4.78, 5) is 18.3. The van der Waals surface area contributed by atoms with E-state index in [-0.39, 0.29) is 11.9 Å². The summed E-state index contributed by atoms with van der Waals surface area (Å²) in [5, 5.41) is 14.5. The van der Waals surface area contributed by atoms with E-state index in [1.807, 2.05) is 30.3 Å². The van der Waals surface area contributed by atoms with Gasteiger partial charge in [0.15, 0.2) is 0 Å². The number of aliphatic hydroxyl groups excluding tert-OH is 1. The fourth-order valence-corrected chi connectivity index (χ4v) is 3.40. The monoisotopic (exact) mass is 351 g/mol. The highest BCUT2D eigenvalue weighted by atomic mass is 16.3. The molecule has 0 unspecified atom stereocenters. The molecule has 1 aliphatic heterocycles. The molecule has 2 N–H and O–H groups in total. The van der Waals surface area contributed by atoms with Gasteiger partial charge in [0.1, 0.15) is 11.3 Å². The molecule has 6 heteroatoms. The van der Waals surface area contributed by atoms with E-state index < -0.39 is 6.10 Å². The van der Waals surface area contributed by atoms with Crippen molar-refractivity contribution in [3.05, 3.63) is 66.2 Å². The summed E-state index contributed by atoms with van der Waals surface area (Å²) in [6.45, 7) is 1.94. The van der Waals surface area contributed by atoms with Crippen molar-refractivity contribution >= 4 is 16.9 Å². The highest BCUT2D eigenvalue weighted by Crippen LogP contribution is 2.21. The number of rotatable bonds is 4. The Balaban J connectivity index is 1.35.